The number of hydrogen-bond donors (Lipinski definition) is 1. The lowest BCUT2D eigenvalue weighted by Crippen LogP contribution is -2.05. The van der Waals surface area contributed by atoms with Gasteiger partial charge in [-0.1, -0.05) is 92.4 Å². The summed E-state index contributed by atoms with van der Waals surface area (Å²) in [6.45, 7) is 11.4. The minimum Gasteiger partial charge on any atom is -0.481 e. The average Bonchev–Trinajstić information content (AvgIpc) is 2.37. The summed E-state index contributed by atoms with van der Waals surface area (Å²) in [7, 11) is 0. The molecule has 0 aliphatic rings. The highest BCUT2D eigenvalue weighted by molar-refractivity contribution is 5.66. The Morgan fingerprint density at radius 1 is 0.682 bits per heavy atom. The van der Waals surface area contributed by atoms with Gasteiger partial charge in [0.2, 0.25) is 0 Å². The van der Waals surface area contributed by atoms with Crippen molar-refractivity contribution < 1.29 is 9.90 Å². The Hall–Kier alpha value is -0.530. The number of carboxylic acid groups (broad SMARTS) is 1. The molecule has 132 valence electrons. The van der Waals surface area contributed by atoms with Crippen LogP contribution in [0.4, 0.5) is 0 Å². The smallest absolute Gasteiger partial charge is 0.303 e. The lowest BCUT2D eigenvalue weighted by Gasteiger charge is -2.15. The third-order valence-electron chi connectivity index (χ3n) is 4.79. The maximum atomic E-state index is 10.6. The van der Waals surface area contributed by atoms with Crippen LogP contribution in [0.2, 0.25) is 0 Å². The van der Waals surface area contributed by atoms with E-state index in [9.17, 15) is 4.79 Å². The van der Waals surface area contributed by atoms with Gasteiger partial charge in [-0.05, 0) is 23.7 Å². The molecule has 0 amide bonds. The van der Waals surface area contributed by atoms with Crippen LogP contribution in [0, 0.1) is 23.7 Å². The van der Waals surface area contributed by atoms with Crippen LogP contribution in [0.25, 0.3) is 0 Å². The van der Waals surface area contributed by atoms with Gasteiger partial charge in [-0.3, -0.25) is 4.79 Å². The largest absolute Gasteiger partial charge is 0.481 e. The molecule has 3 atom stereocenters. The number of rotatable bonds is 14. The van der Waals surface area contributed by atoms with E-state index in [1.165, 1.54) is 51.4 Å². The van der Waals surface area contributed by atoms with Gasteiger partial charge >= 0.3 is 5.97 Å². The highest BCUT2D eigenvalue weighted by Gasteiger charge is 2.09. The lowest BCUT2D eigenvalue weighted by atomic mass is 9.91. The fraction of sp³-hybridized carbons (Fsp3) is 0.950. The minimum absolute atomic E-state index is 0.322. The maximum Gasteiger partial charge on any atom is 0.303 e. The molecule has 0 aliphatic heterocycles. The van der Waals surface area contributed by atoms with Gasteiger partial charge in [0.05, 0.1) is 0 Å². The fourth-order valence-electron chi connectivity index (χ4n) is 3.19. The van der Waals surface area contributed by atoms with Crippen molar-refractivity contribution in [2.75, 3.05) is 0 Å². The van der Waals surface area contributed by atoms with Gasteiger partial charge in [0.15, 0.2) is 0 Å². The van der Waals surface area contributed by atoms with Gasteiger partial charge in [0, 0.05) is 6.42 Å². The summed E-state index contributed by atoms with van der Waals surface area (Å²) < 4.78 is 0. The Labute approximate surface area is 139 Å². The first-order valence-corrected chi connectivity index (χ1v) is 9.53. The van der Waals surface area contributed by atoms with E-state index in [0.717, 1.165) is 24.2 Å². The minimum atomic E-state index is -0.660. The number of carbonyl (C=O) groups is 1. The summed E-state index contributed by atoms with van der Waals surface area (Å²) in [5.74, 6) is 2.18. The summed E-state index contributed by atoms with van der Waals surface area (Å²) in [6.07, 6.45) is 12.0. The van der Waals surface area contributed by atoms with Crippen molar-refractivity contribution in [2.24, 2.45) is 23.7 Å². The van der Waals surface area contributed by atoms with Crippen molar-refractivity contribution in [3.05, 3.63) is 0 Å². The van der Waals surface area contributed by atoms with E-state index in [1.54, 1.807) is 0 Å². The van der Waals surface area contributed by atoms with Crippen LogP contribution in [0.1, 0.15) is 98.8 Å². The number of carboxylic acids is 1. The molecular weight excluding hydrogens is 272 g/mol. The second-order valence-corrected chi connectivity index (χ2v) is 8.10. The third kappa shape index (κ3) is 14.4. The van der Waals surface area contributed by atoms with Gasteiger partial charge in [-0.15, -0.1) is 0 Å². The Morgan fingerprint density at radius 3 is 1.41 bits per heavy atom. The first kappa shape index (κ1) is 21.5. The summed E-state index contributed by atoms with van der Waals surface area (Å²) >= 11 is 0. The van der Waals surface area contributed by atoms with Crippen molar-refractivity contribution >= 4 is 5.97 Å². The number of hydrogen-bond acceptors (Lipinski definition) is 1. The van der Waals surface area contributed by atoms with Crippen LogP contribution in [0.15, 0.2) is 0 Å². The molecule has 0 rings (SSSR count). The Bertz CT molecular complexity index is 273. The Kier molecular flexibility index (Phi) is 12.6. The first-order chi connectivity index (χ1) is 10.3. The van der Waals surface area contributed by atoms with Crippen molar-refractivity contribution in [2.45, 2.75) is 98.8 Å². The molecule has 0 aromatic heterocycles. The molecule has 0 heterocycles. The third-order valence-corrected chi connectivity index (χ3v) is 4.79. The molecule has 0 radical (unpaired) electrons. The van der Waals surface area contributed by atoms with E-state index in [1.807, 2.05) is 0 Å². The van der Waals surface area contributed by atoms with Gasteiger partial charge in [-0.25, -0.2) is 0 Å². The quantitative estimate of drug-likeness (QED) is 0.395. The van der Waals surface area contributed by atoms with Gasteiger partial charge in [0.1, 0.15) is 0 Å². The highest BCUT2D eigenvalue weighted by atomic mass is 16.4. The van der Waals surface area contributed by atoms with E-state index >= 15 is 0 Å². The monoisotopic (exact) mass is 312 g/mol. The van der Waals surface area contributed by atoms with E-state index in [0.29, 0.717) is 12.3 Å². The predicted octanol–water partition coefficient (Wildman–Crippen LogP) is 6.54. The summed E-state index contributed by atoms with van der Waals surface area (Å²) in [5, 5.41) is 8.75. The van der Waals surface area contributed by atoms with Crippen molar-refractivity contribution in [3.63, 3.8) is 0 Å². The molecular formula is C20H40O2. The molecule has 0 saturated carbocycles. The molecule has 0 saturated heterocycles. The molecule has 2 heteroatoms. The SMILES string of the molecule is CC(C)CCC[C@@H](C)CCC[C@H](C)CCC[C@H](C)CC(=O)O. The molecule has 0 spiro atoms. The molecule has 0 fully saturated rings. The molecule has 0 aromatic rings. The fourth-order valence-corrected chi connectivity index (χ4v) is 3.19. The van der Waals surface area contributed by atoms with E-state index in [-0.39, 0.29) is 0 Å². The van der Waals surface area contributed by atoms with Gasteiger partial charge in [0.25, 0.3) is 0 Å². The van der Waals surface area contributed by atoms with Crippen molar-refractivity contribution in [3.8, 4) is 0 Å². The molecule has 0 aromatic carbocycles. The van der Waals surface area contributed by atoms with Crippen LogP contribution >= 0.6 is 0 Å². The zero-order valence-electron chi connectivity index (χ0n) is 15.7. The average molecular weight is 313 g/mol. The van der Waals surface area contributed by atoms with E-state index < -0.39 is 5.97 Å². The first-order valence-electron chi connectivity index (χ1n) is 9.53. The molecule has 22 heavy (non-hydrogen) atoms. The van der Waals surface area contributed by atoms with Crippen LogP contribution in [0.5, 0.6) is 0 Å². The Morgan fingerprint density at radius 2 is 1.05 bits per heavy atom. The highest BCUT2D eigenvalue weighted by Crippen LogP contribution is 2.22. The van der Waals surface area contributed by atoms with Crippen LogP contribution in [-0.4, -0.2) is 11.1 Å². The molecule has 0 bridgehead atoms. The summed E-state index contributed by atoms with van der Waals surface area (Å²) in [4.78, 5) is 10.6. The van der Waals surface area contributed by atoms with Crippen LogP contribution in [0.3, 0.4) is 0 Å². The second kappa shape index (κ2) is 13.0. The van der Waals surface area contributed by atoms with Crippen molar-refractivity contribution in [1.82, 2.24) is 0 Å². The number of aliphatic carboxylic acids is 1. The topological polar surface area (TPSA) is 37.3 Å². The lowest BCUT2D eigenvalue weighted by molar-refractivity contribution is -0.138. The summed E-state index contributed by atoms with van der Waals surface area (Å²) in [6, 6.07) is 0. The molecule has 2 nitrogen and oxygen atoms in total. The van der Waals surface area contributed by atoms with Crippen LogP contribution in [-0.2, 0) is 4.79 Å². The van der Waals surface area contributed by atoms with E-state index in [4.69, 9.17) is 5.11 Å². The second-order valence-electron chi connectivity index (χ2n) is 8.10. The Balaban J connectivity index is 3.52. The van der Waals surface area contributed by atoms with Crippen molar-refractivity contribution in [1.29, 1.82) is 0 Å². The van der Waals surface area contributed by atoms with Gasteiger partial charge < -0.3 is 5.11 Å². The molecule has 0 aliphatic carbocycles. The molecule has 0 unspecified atom stereocenters. The normalized spacial score (nSPS) is 15.7. The zero-order valence-corrected chi connectivity index (χ0v) is 15.7. The maximum absolute atomic E-state index is 10.6. The molecule has 1 N–H and O–H groups in total. The van der Waals surface area contributed by atoms with Gasteiger partial charge in [-0.2, -0.15) is 0 Å². The van der Waals surface area contributed by atoms with Crippen LogP contribution < -0.4 is 0 Å². The summed E-state index contributed by atoms with van der Waals surface area (Å²) in [5.41, 5.74) is 0. The van der Waals surface area contributed by atoms with E-state index in [2.05, 4.69) is 34.6 Å². The predicted molar refractivity (Wildman–Crippen MR) is 96.1 cm³/mol. The zero-order chi connectivity index (χ0) is 17.0. The standard InChI is InChI=1S/C20H40O2/c1-16(2)9-6-10-17(3)11-7-12-18(4)13-8-14-19(5)15-20(21)22/h16-19H,6-15H2,1-5H3,(H,21,22)/t17-,18+,19+/m1/s1.